The summed E-state index contributed by atoms with van der Waals surface area (Å²) < 4.78 is 44.7. The fourth-order valence-corrected chi connectivity index (χ4v) is 3.55. The lowest BCUT2D eigenvalue weighted by molar-refractivity contribution is 0.240. The second kappa shape index (κ2) is 7.41. The van der Waals surface area contributed by atoms with Gasteiger partial charge in [-0.1, -0.05) is 0 Å². The average molecular weight is 414 g/mol. The molecule has 4 aromatic rings. The topological polar surface area (TPSA) is 95.8 Å². The molecule has 1 aliphatic heterocycles. The van der Waals surface area contributed by atoms with Crippen LogP contribution in [0.3, 0.4) is 0 Å². The van der Waals surface area contributed by atoms with E-state index in [9.17, 15) is 13.2 Å². The first-order valence-electron chi connectivity index (χ1n) is 9.41. The van der Waals surface area contributed by atoms with Crippen molar-refractivity contribution in [3.8, 4) is 22.6 Å². The van der Waals surface area contributed by atoms with Gasteiger partial charge in [-0.05, 0) is 25.1 Å². The lowest BCUT2D eigenvalue weighted by Gasteiger charge is -2.28. The molecule has 2 unspecified atom stereocenters. The molecule has 0 aromatic carbocycles. The number of pyridine rings is 2. The van der Waals surface area contributed by atoms with Crippen molar-refractivity contribution in [1.82, 2.24) is 35.1 Å². The van der Waals surface area contributed by atoms with Crippen LogP contribution >= 0.6 is 0 Å². The van der Waals surface area contributed by atoms with Crippen molar-refractivity contribution in [1.29, 1.82) is 0 Å². The van der Waals surface area contributed by atoms with Crippen molar-refractivity contribution in [2.75, 3.05) is 18.4 Å². The molecule has 0 aliphatic carbocycles. The van der Waals surface area contributed by atoms with Crippen molar-refractivity contribution in [3.63, 3.8) is 0 Å². The van der Waals surface area contributed by atoms with Crippen LogP contribution in [-0.4, -0.2) is 55.1 Å². The van der Waals surface area contributed by atoms with Crippen molar-refractivity contribution in [2.24, 2.45) is 0 Å². The highest BCUT2D eigenvalue weighted by molar-refractivity contribution is 5.68. The van der Waals surface area contributed by atoms with Gasteiger partial charge < -0.3 is 10.6 Å². The molecular weight excluding hydrogens is 397 g/mol. The number of H-pyrrole nitrogens is 1. The number of rotatable bonds is 4. The number of piperidine rings is 1. The van der Waals surface area contributed by atoms with Crippen LogP contribution < -0.4 is 10.6 Å². The van der Waals surface area contributed by atoms with E-state index < -0.39 is 23.8 Å². The molecule has 0 spiro atoms. The Balaban J connectivity index is 1.52. The largest absolute Gasteiger partial charge is 0.361 e. The van der Waals surface area contributed by atoms with Crippen LogP contribution in [0.4, 0.5) is 19.0 Å². The molecule has 3 N–H and O–H groups in total. The van der Waals surface area contributed by atoms with E-state index in [-0.39, 0.29) is 11.5 Å². The van der Waals surface area contributed by atoms with Gasteiger partial charge in [0.25, 0.3) is 0 Å². The van der Waals surface area contributed by atoms with Gasteiger partial charge in [-0.15, -0.1) is 0 Å². The summed E-state index contributed by atoms with van der Waals surface area (Å²) in [5, 5.41) is 16.2. The number of aromatic amines is 1. The number of hydrogen-bond donors (Lipinski definition) is 3. The van der Waals surface area contributed by atoms with Crippen LogP contribution in [-0.2, 0) is 0 Å². The van der Waals surface area contributed by atoms with Gasteiger partial charge in [0, 0.05) is 24.4 Å². The summed E-state index contributed by atoms with van der Waals surface area (Å²) in [6.07, 6.45) is 3.89. The van der Waals surface area contributed by atoms with E-state index >= 15 is 0 Å². The van der Waals surface area contributed by atoms with Gasteiger partial charge in [-0.3, -0.25) is 4.40 Å². The highest BCUT2D eigenvalue weighted by Gasteiger charge is 2.26. The van der Waals surface area contributed by atoms with Crippen LogP contribution in [0.15, 0.2) is 36.8 Å². The van der Waals surface area contributed by atoms with Gasteiger partial charge in [-0.25, -0.2) is 23.1 Å². The third-order valence-corrected chi connectivity index (χ3v) is 5.12. The maximum atomic E-state index is 14.6. The van der Waals surface area contributed by atoms with Gasteiger partial charge >= 0.3 is 0 Å². The number of fused-ring (bicyclic) bond motifs is 1. The van der Waals surface area contributed by atoms with Gasteiger partial charge in [0.2, 0.25) is 0 Å². The Labute approximate surface area is 168 Å². The molecule has 0 radical (unpaired) electrons. The van der Waals surface area contributed by atoms with E-state index in [2.05, 4.69) is 36.0 Å². The van der Waals surface area contributed by atoms with E-state index in [1.165, 1.54) is 6.20 Å². The third kappa shape index (κ3) is 3.26. The number of halogens is 3. The Morgan fingerprint density at radius 1 is 1.17 bits per heavy atom. The Morgan fingerprint density at radius 3 is 2.87 bits per heavy atom. The molecule has 2 atom stereocenters. The third-order valence-electron chi connectivity index (χ3n) is 5.12. The van der Waals surface area contributed by atoms with E-state index in [4.69, 9.17) is 0 Å². The fourth-order valence-electron chi connectivity index (χ4n) is 3.55. The zero-order valence-corrected chi connectivity index (χ0v) is 15.6. The minimum Gasteiger partial charge on any atom is -0.361 e. The quantitative estimate of drug-likeness (QED) is 0.475. The monoisotopic (exact) mass is 414 g/mol. The molecule has 154 valence electrons. The van der Waals surface area contributed by atoms with Gasteiger partial charge in [0.15, 0.2) is 17.5 Å². The minimum absolute atomic E-state index is 0.0836. The van der Waals surface area contributed by atoms with Crippen molar-refractivity contribution in [3.05, 3.63) is 48.4 Å². The summed E-state index contributed by atoms with van der Waals surface area (Å²) in [7, 11) is 0. The lowest BCUT2D eigenvalue weighted by Crippen LogP contribution is -2.46. The average Bonchev–Trinajstić information content (AvgIpc) is 3.41. The first kappa shape index (κ1) is 18.6. The molecular formula is C19H17F3N8. The van der Waals surface area contributed by atoms with Crippen LogP contribution in [0.2, 0.25) is 0 Å². The molecule has 1 saturated heterocycles. The summed E-state index contributed by atoms with van der Waals surface area (Å²) in [5.41, 5.74) is 2.21. The smallest absolute Gasteiger partial charge is 0.168 e. The molecule has 8 nitrogen and oxygen atoms in total. The summed E-state index contributed by atoms with van der Waals surface area (Å²) in [4.78, 5) is 8.42. The van der Waals surface area contributed by atoms with Crippen molar-refractivity contribution >= 4 is 11.5 Å². The van der Waals surface area contributed by atoms with Crippen LogP contribution in [0.25, 0.3) is 28.3 Å². The molecule has 11 heteroatoms. The van der Waals surface area contributed by atoms with Crippen LogP contribution in [0.5, 0.6) is 0 Å². The molecule has 1 fully saturated rings. The molecule has 30 heavy (non-hydrogen) atoms. The molecule has 0 amide bonds. The normalized spacial score (nSPS) is 19.3. The number of aromatic nitrogens is 6. The SMILES string of the molecule is Fc1cc(F)c(-c2cnc3cc(-c4cn[nH]n4)ccn23)nc1NC1CNCCC1F. The van der Waals surface area contributed by atoms with E-state index in [1.807, 2.05) is 0 Å². The summed E-state index contributed by atoms with van der Waals surface area (Å²) in [5.74, 6) is -1.91. The molecule has 4 aromatic heterocycles. The zero-order chi connectivity index (χ0) is 20.7. The Kier molecular flexibility index (Phi) is 4.58. The Bertz CT molecular complexity index is 1190. The maximum Gasteiger partial charge on any atom is 0.168 e. The van der Waals surface area contributed by atoms with Crippen molar-refractivity contribution < 1.29 is 13.2 Å². The summed E-state index contributed by atoms with van der Waals surface area (Å²) >= 11 is 0. The lowest BCUT2D eigenvalue weighted by atomic mass is 10.1. The number of alkyl halides is 1. The number of hydrogen-bond acceptors (Lipinski definition) is 6. The molecule has 0 saturated carbocycles. The second-order valence-electron chi connectivity index (χ2n) is 7.05. The first-order chi connectivity index (χ1) is 14.6. The van der Waals surface area contributed by atoms with E-state index in [0.29, 0.717) is 36.5 Å². The Hall–Kier alpha value is -3.47. The first-order valence-corrected chi connectivity index (χ1v) is 9.41. The van der Waals surface area contributed by atoms with Crippen molar-refractivity contribution in [2.45, 2.75) is 18.6 Å². The van der Waals surface area contributed by atoms with Gasteiger partial charge in [0.05, 0.1) is 24.1 Å². The van der Waals surface area contributed by atoms with E-state index in [1.54, 1.807) is 28.9 Å². The molecule has 5 heterocycles. The maximum absolute atomic E-state index is 14.6. The molecule has 5 rings (SSSR count). The fraction of sp³-hybridized carbons (Fsp3) is 0.263. The number of anilines is 1. The number of nitrogens with zero attached hydrogens (tertiary/aromatic N) is 5. The molecule has 1 aliphatic rings. The van der Waals surface area contributed by atoms with Gasteiger partial charge in [0.1, 0.15) is 23.2 Å². The van der Waals surface area contributed by atoms with E-state index in [0.717, 1.165) is 11.6 Å². The summed E-state index contributed by atoms with van der Waals surface area (Å²) in [6.45, 7) is 0.886. The predicted octanol–water partition coefficient (Wildman–Crippen LogP) is 2.57. The number of imidazole rings is 1. The highest BCUT2D eigenvalue weighted by Crippen LogP contribution is 2.28. The van der Waals surface area contributed by atoms with Crippen LogP contribution in [0, 0.1) is 11.6 Å². The minimum atomic E-state index is -1.15. The zero-order valence-electron chi connectivity index (χ0n) is 15.6. The molecule has 0 bridgehead atoms. The summed E-state index contributed by atoms with van der Waals surface area (Å²) in [6, 6.07) is 3.64. The Morgan fingerprint density at radius 2 is 2.07 bits per heavy atom. The standard InChI is InChI=1S/C19H17F3N8/c20-11-1-3-23-7-15(11)26-19-13(22)6-12(21)18(27-19)16-9-24-17-5-10(2-4-30(16)17)14-8-25-29-28-14/h2,4-6,8-9,11,15,23H,1,3,7H2,(H,26,27)(H,25,28,29). The predicted molar refractivity (Wildman–Crippen MR) is 104 cm³/mol. The van der Waals surface area contributed by atoms with Gasteiger partial charge in [-0.2, -0.15) is 15.4 Å². The second-order valence-corrected chi connectivity index (χ2v) is 7.05. The highest BCUT2D eigenvalue weighted by atomic mass is 19.1. The number of nitrogens with one attached hydrogen (secondary N) is 3. The van der Waals surface area contributed by atoms with Crippen LogP contribution in [0.1, 0.15) is 6.42 Å².